The van der Waals surface area contributed by atoms with Crippen molar-refractivity contribution >= 4 is 5.95 Å². The third kappa shape index (κ3) is 2.03. The standard InChI is InChI=1S/C11H9FN6O/c1-5-2-3-6(12)4-7(5)8-14-10(19-18-8)9-15-11(13)17-16-9/h2-4H,1H3,(H3,13,15,16,17). The van der Waals surface area contributed by atoms with Gasteiger partial charge in [0.25, 0.3) is 5.89 Å². The second-order valence-corrected chi connectivity index (χ2v) is 3.92. The Labute approximate surface area is 106 Å². The summed E-state index contributed by atoms with van der Waals surface area (Å²) < 4.78 is 18.3. The number of hydrogen-bond acceptors (Lipinski definition) is 6. The lowest BCUT2D eigenvalue weighted by Crippen LogP contribution is -1.88. The van der Waals surface area contributed by atoms with E-state index in [4.69, 9.17) is 10.3 Å². The zero-order valence-corrected chi connectivity index (χ0v) is 9.88. The number of anilines is 1. The van der Waals surface area contributed by atoms with Crippen molar-refractivity contribution in [1.82, 2.24) is 25.3 Å². The predicted octanol–water partition coefficient (Wildman–Crippen LogP) is 1.55. The number of halogens is 1. The SMILES string of the molecule is Cc1ccc(F)cc1-c1noc(-c2nc(N)n[nH]2)n1. The molecule has 0 bridgehead atoms. The van der Waals surface area contributed by atoms with Gasteiger partial charge in [-0.15, -0.1) is 5.10 Å². The Balaban J connectivity index is 2.03. The molecule has 1 aromatic carbocycles. The lowest BCUT2D eigenvalue weighted by Gasteiger charge is -1.99. The Morgan fingerprint density at radius 3 is 2.89 bits per heavy atom. The minimum Gasteiger partial charge on any atom is -0.366 e. The van der Waals surface area contributed by atoms with Crippen LogP contribution in [-0.4, -0.2) is 25.3 Å². The first-order valence-electron chi connectivity index (χ1n) is 5.42. The van der Waals surface area contributed by atoms with Crippen LogP contribution < -0.4 is 5.73 Å². The van der Waals surface area contributed by atoms with Crippen LogP contribution in [0.15, 0.2) is 22.7 Å². The Morgan fingerprint density at radius 1 is 1.32 bits per heavy atom. The molecule has 3 N–H and O–H groups in total. The van der Waals surface area contributed by atoms with E-state index in [1.165, 1.54) is 12.1 Å². The van der Waals surface area contributed by atoms with Crippen LogP contribution in [0.1, 0.15) is 5.56 Å². The summed E-state index contributed by atoms with van der Waals surface area (Å²) in [4.78, 5) is 8.00. The zero-order valence-electron chi connectivity index (χ0n) is 9.88. The van der Waals surface area contributed by atoms with Crippen LogP contribution in [-0.2, 0) is 0 Å². The van der Waals surface area contributed by atoms with Crippen LogP contribution in [0.5, 0.6) is 0 Å². The largest absolute Gasteiger partial charge is 0.366 e. The maximum atomic E-state index is 13.2. The van der Waals surface area contributed by atoms with Crippen molar-refractivity contribution < 1.29 is 8.91 Å². The summed E-state index contributed by atoms with van der Waals surface area (Å²) in [5.41, 5.74) is 6.78. The quantitative estimate of drug-likeness (QED) is 0.724. The Hall–Kier alpha value is -2.77. The maximum Gasteiger partial charge on any atom is 0.295 e. The zero-order chi connectivity index (χ0) is 13.4. The number of aryl methyl sites for hydroxylation is 1. The number of nitrogen functional groups attached to an aromatic ring is 1. The molecular formula is C11H9FN6O. The molecule has 2 heterocycles. The number of benzene rings is 1. The van der Waals surface area contributed by atoms with E-state index in [2.05, 4.69) is 25.3 Å². The summed E-state index contributed by atoms with van der Waals surface area (Å²) in [6.45, 7) is 1.83. The molecule has 0 aliphatic carbocycles. The average molecular weight is 260 g/mol. The first-order valence-corrected chi connectivity index (χ1v) is 5.42. The molecule has 3 aromatic rings. The Morgan fingerprint density at radius 2 is 2.16 bits per heavy atom. The first kappa shape index (κ1) is 11.3. The molecule has 0 atom stereocenters. The van der Waals surface area contributed by atoms with Gasteiger partial charge in [-0.2, -0.15) is 9.97 Å². The number of aromatic amines is 1. The van der Waals surface area contributed by atoms with Gasteiger partial charge < -0.3 is 10.3 Å². The molecule has 96 valence electrons. The van der Waals surface area contributed by atoms with Gasteiger partial charge in [0.15, 0.2) is 0 Å². The van der Waals surface area contributed by atoms with Crippen molar-refractivity contribution in [3.05, 3.63) is 29.6 Å². The van der Waals surface area contributed by atoms with Crippen molar-refractivity contribution in [3.8, 4) is 23.1 Å². The molecule has 0 aliphatic rings. The van der Waals surface area contributed by atoms with E-state index in [0.717, 1.165) is 5.56 Å². The maximum absolute atomic E-state index is 13.2. The highest BCUT2D eigenvalue weighted by atomic mass is 19.1. The van der Waals surface area contributed by atoms with Gasteiger partial charge in [-0.05, 0) is 24.6 Å². The third-order valence-electron chi connectivity index (χ3n) is 2.57. The van der Waals surface area contributed by atoms with Crippen molar-refractivity contribution in [1.29, 1.82) is 0 Å². The fourth-order valence-electron chi connectivity index (χ4n) is 1.63. The van der Waals surface area contributed by atoms with Gasteiger partial charge in [0.2, 0.25) is 17.6 Å². The normalized spacial score (nSPS) is 10.8. The van der Waals surface area contributed by atoms with E-state index in [1.54, 1.807) is 6.07 Å². The first-order chi connectivity index (χ1) is 9.13. The molecule has 0 saturated carbocycles. The van der Waals surface area contributed by atoms with Crippen molar-refractivity contribution in [2.24, 2.45) is 0 Å². The molecule has 0 amide bonds. The van der Waals surface area contributed by atoms with Gasteiger partial charge in [0.05, 0.1) is 0 Å². The van der Waals surface area contributed by atoms with Crippen LogP contribution in [0.4, 0.5) is 10.3 Å². The molecule has 19 heavy (non-hydrogen) atoms. The summed E-state index contributed by atoms with van der Waals surface area (Å²) in [6.07, 6.45) is 0. The van der Waals surface area contributed by atoms with E-state index < -0.39 is 0 Å². The third-order valence-corrected chi connectivity index (χ3v) is 2.57. The number of nitrogens with two attached hydrogens (primary N) is 1. The molecule has 0 saturated heterocycles. The van der Waals surface area contributed by atoms with Crippen molar-refractivity contribution in [2.45, 2.75) is 6.92 Å². The number of H-pyrrole nitrogens is 1. The van der Waals surface area contributed by atoms with Crippen molar-refractivity contribution in [2.75, 3.05) is 5.73 Å². The smallest absolute Gasteiger partial charge is 0.295 e. The highest BCUT2D eigenvalue weighted by molar-refractivity contribution is 5.61. The van der Waals surface area contributed by atoms with Gasteiger partial charge in [-0.1, -0.05) is 11.2 Å². The van der Waals surface area contributed by atoms with Crippen LogP contribution in [0, 0.1) is 12.7 Å². The molecule has 0 fully saturated rings. The van der Waals surface area contributed by atoms with Gasteiger partial charge in [0.1, 0.15) is 5.82 Å². The topological polar surface area (TPSA) is 107 Å². The van der Waals surface area contributed by atoms with Crippen molar-refractivity contribution in [3.63, 3.8) is 0 Å². The second-order valence-electron chi connectivity index (χ2n) is 3.92. The number of rotatable bonds is 2. The van der Waals surface area contributed by atoms with Crippen LogP contribution in [0.2, 0.25) is 0 Å². The molecular weight excluding hydrogens is 251 g/mol. The summed E-state index contributed by atoms with van der Waals surface area (Å²) in [5.74, 6) is 0.405. The van der Waals surface area contributed by atoms with Gasteiger partial charge >= 0.3 is 0 Å². The van der Waals surface area contributed by atoms with Gasteiger partial charge in [-0.3, -0.25) is 5.10 Å². The van der Waals surface area contributed by atoms with Gasteiger partial charge in [0, 0.05) is 5.56 Å². The summed E-state index contributed by atoms with van der Waals surface area (Å²) in [5, 5.41) is 10.0. The molecule has 0 spiro atoms. The summed E-state index contributed by atoms with van der Waals surface area (Å²) in [6, 6.07) is 4.36. The fourth-order valence-corrected chi connectivity index (χ4v) is 1.63. The lowest BCUT2D eigenvalue weighted by atomic mass is 10.1. The Bertz CT molecular complexity index is 734. The monoisotopic (exact) mass is 260 g/mol. The number of aromatic nitrogens is 5. The molecule has 2 aromatic heterocycles. The second kappa shape index (κ2) is 4.16. The highest BCUT2D eigenvalue weighted by Gasteiger charge is 2.15. The Kier molecular flexibility index (Phi) is 2.48. The van der Waals surface area contributed by atoms with E-state index in [1.807, 2.05) is 6.92 Å². The average Bonchev–Trinajstić information content (AvgIpc) is 3.00. The minimum absolute atomic E-state index is 0.0803. The van der Waals surface area contributed by atoms with Crippen LogP contribution >= 0.6 is 0 Å². The predicted molar refractivity (Wildman–Crippen MR) is 64.2 cm³/mol. The minimum atomic E-state index is -0.365. The number of nitrogens with one attached hydrogen (secondary N) is 1. The lowest BCUT2D eigenvalue weighted by molar-refractivity contribution is 0.429. The van der Waals surface area contributed by atoms with Crippen LogP contribution in [0.3, 0.4) is 0 Å². The molecule has 8 heteroatoms. The number of nitrogens with zero attached hydrogens (tertiary/aromatic N) is 4. The summed E-state index contributed by atoms with van der Waals surface area (Å²) in [7, 11) is 0. The van der Waals surface area contributed by atoms with E-state index in [9.17, 15) is 4.39 Å². The van der Waals surface area contributed by atoms with E-state index >= 15 is 0 Å². The van der Waals surface area contributed by atoms with E-state index in [0.29, 0.717) is 5.56 Å². The molecule has 3 rings (SSSR count). The summed E-state index contributed by atoms with van der Waals surface area (Å²) >= 11 is 0. The highest BCUT2D eigenvalue weighted by Crippen LogP contribution is 2.23. The molecule has 0 aliphatic heterocycles. The van der Waals surface area contributed by atoms with Gasteiger partial charge in [-0.25, -0.2) is 4.39 Å². The van der Waals surface area contributed by atoms with Crippen LogP contribution in [0.25, 0.3) is 23.1 Å². The van der Waals surface area contributed by atoms with E-state index in [-0.39, 0.29) is 29.3 Å². The molecule has 0 radical (unpaired) electrons. The fraction of sp³-hybridized carbons (Fsp3) is 0.0909. The molecule has 7 nitrogen and oxygen atoms in total. The molecule has 0 unspecified atom stereocenters. The number of hydrogen-bond donors (Lipinski definition) is 2.